The van der Waals surface area contributed by atoms with Crippen LogP contribution in [-0.2, 0) is 38.2 Å². The van der Waals surface area contributed by atoms with Crippen molar-refractivity contribution in [2.24, 2.45) is 0 Å². The molecule has 65 heavy (non-hydrogen) atoms. The fourth-order valence-corrected chi connectivity index (χ4v) is 6.60. The van der Waals surface area contributed by atoms with Gasteiger partial charge in [0.25, 0.3) is 35.4 Å². The van der Waals surface area contributed by atoms with E-state index in [0.717, 1.165) is 38.5 Å². The van der Waals surface area contributed by atoms with Gasteiger partial charge in [0, 0.05) is 73.8 Å². The number of imide groups is 1. The van der Waals surface area contributed by atoms with E-state index < -0.39 is 29.7 Å². The van der Waals surface area contributed by atoms with Crippen LogP contribution in [-0.4, -0.2) is 131 Å². The van der Waals surface area contributed by atoms with E-state index in [1.54, 1.807) is 24.3 Å². The highest BCUT2D eigenvalue weighted by molar-refractivity contribution is 6.17. The molecule has 360 valence electrons. The predicted octanol–water partition coefficient (Wildman–Crippen LogP) is 5.29. The van der Waals surface area contributed by atoms with Crippen LogP contribution in [0.3, 0.4) is 0 Å². The number of hydrogen-bond acceptors (Lipinski definition) is 12. The van der Waals surface area contributed by atoms with Crippen molar-refractivity contribution in [3.63, 3.8) is 0 Å². The molecule has 1 saturated heterocycles. The zero-order valence-corrected chi connectivity index (χ0v) is 38.6. The Morgan fingerprint density at radius 1 is 0.523 bits per heavy atom. The molecule has 4 N–H and O–H groups in total. The molecule has 0 bridgehead atoms. The summed E-state index contributed by atoms with van der Waals surface area (Å²) in [6.45, 7) is 6.88. The highest BCUT2D eigenvalue weighted by atomic mass is 35.5. The van der Waals surface area contributed by atoms with Gasteiger partial charge in [0.05, 0.1) is 39.6 Å². The molecule has 0 radical (unpaired) electrons. The van der Waals surface area contributed by atoms with Crippen LogP contribution in [0.15, 0.2) is 48.5 Å². The van der Waals surface area contributed by atoms with Crippen molar-refractivity contribution in [1.82, 2.24) is 26.3 Å². The molecule has 0 spiro atoms. The van der Waals surface area contributed by atoms with E-state index in [1.165, 1.54) is 43.5 Å². The van der Waals surface area contributed by atoms with Crippen LogP contribution in [0.4, 0.5) is 0 Å². The lowest BCUT2D eigenvalue weighted by Crippen LogP contribution is -2.45. The van der Waals surface area contributed by atoms with Gasteiger partial charge in [-0.3, -0.25) is 28.8 Å². The zero-order valence-electron chi connectivity index (χ0n) is 37.8. The number of carbonyl (C=O) groups excluding carboxylic acids is 7. The van der Waals surface area contributed by atoms with E-state index in [4.69, 9.17) is 35.4 Å². The van der Waals surface area contributed by atoms with Gasteiger partial charge in [-0.1, -0.05) is 45.4 Å². The number of rotatable bonds is 36. The quantitative estimate of drug-likeness (QED) is 0.0390. The van der Waals surface area contributed by atoms with E-state index in [2.05, 4.69) is 28.2 Å². The largest absolute Gasteiger partial charge is 0.379 e. The molecular weight excluding hydrogens is 862 g/mol. The Kier molecular flexibility index (Phi) is 28.1. The third kappa shape index (κ3) is 22.7. The number of amides is 6. The average molecular weight is 931 g/mol. The molecule has 2 aromatic carbocycles. The molecule has 17 nitrogen and oxygen atoms in total. The van der Waals surface area contributed by atoms with Gasteiger partial charge in [0.1, 0.15) is 6.04 Å². The second-order valence-corrected chi connectivity index (χ2v) is 15.8. The lowest BCUT2D eigenvalue weighted by molar-refractivity contribution is -0.199. The van der Waals surface area contributed by atoms with Gasteiger partial charge in [-0.15, -0.1) is 16.7 Å². The van der Waals surface area contributed by atoms with E-state index in [-0.39, 0.29) is 55.6 Å². The van der Waals surface area contributed by atoms with Gasteiger partial charge in [-0.2, -0.15) is 0 Å². The van der Waals surface area contributed by atoms with E-state index in [1.807, 2.05) is 0 Å². The number of nitrogens with one attached hydrogen (secondary N) is 4. The highest BCUT2D eigenvalue weighted by Gasteiger charge is 2.35. The molecule has 1 unspecified atom stereocenters. The van der Waals surface area contributed by atoms with Gasteiger partial charge < -0.3 is 45.1 Å². The fraction of sp³-hybridized carbons (Fsp3) is 0.596. The summed E-state index contributed by atoms with van der Waals surface area (Å²) in [5.74, 6) is -3.30. The summed E-state index contributed by atoms with van der Waals surface area (Å²) < 4.78 is 22.1. The molecule has 0 aromatic heterocycles. The summed E-state index contributed by atoms with van der Waals surface area (Å²) in [7, 11) is 0. The first-order valence-corrected chi connectivity index (χ1v) is 23.5. The van der Waals surface area contributed by atoms with Crippen molar-refractivity contribution in [1.29, 1.82) is 0 Å². The molecule has 1 heterocycles. The number of unbranched alkanes of at least 4 members (excludes halogenated alkanes) is 8. The van der Waals surface area contributed by atoms with Crippen molar-refractivity contribution in [2.75, 3.05) is 78.4 Å². The molecule has 3 rings (SSSR count). The van der Waals surface area contributed by atoms with Gasteiger partial charge in [-0.25, -0.2) is 4.79 Å². The summed E-state index contributed by atoms with van der Waals surface area (Å²) in [6.07, 6.45) is 10.7. The number of benzene rings is 2. The highest BCUT2D eigenvalue weighted by Crippen LogP contribution is 2.15. The van der Waals surface area contributed by atoms with Gasteiger partial charge in [0.15, 0.2) is 0 Å². The molecule has 1 atom stereocenters. The normalized spacial score (nSPS) is 12.8. The van der Waals surface area contributed by atoms with Crippen LogP contribution in [0.5, 0.6) is 0 Å². The molecule has 1 fully saturated rings. The second-order valence-electron chi connectivity index (χ2n) is 15.4. The maximum atomic E-state index is 13.3. The number of hydrogen-bond donors (Lipinski definition) is 4. The number of nitrogens with zero attached hydrogens (tertiary/aromatic N) is 1. The van der Waals surface area contributed by atoms with Gasteiger partial charge in [0.2, 0.25) is 0 Å². The lowest BCUT2D eigenvalue weighted by atomic mass is 10.1. The lowest BCUT2D eigenvalue weighted by Gasteiger charge is -2.20. The Balaban J connectivity index is 1.38. The number of ether oxygens (including phenoxy) is 4. The van der Waals surface area contributed by atoms with Crippen molar-refractivity contribution >= 4 is 53.0 Å². The Morgan fingerprint density at radius 3 is 1.40 bits per heavy atom. The minimum atomic E-state index is -1.25. The minimum absolute atomic E-state index is 0.0583. The summed E-state index contributed by atoms with van der Waals surface area (Å²) in [5, 5.41) is 11.4. The first-order chi connectivity index (χ1) is 31.6. The molecule has 2 aromatic rings. The maximum Gasteiger partial charge on any atom is 0.355 e. The molecule has 18 heteroatoms. The summed E-state index contributed by atoms with van der Waals surface area (Å²) >= 11 is 5.68. The Labute approximate surface area is 387 Å². The molecule has 6 amide bonds. The summed E-state index contributed by atoms with van der Waals surface area (Å²) in [4.78, 5) is 93.9. The number of alkyl halides is 1. The Bertz CT molecular complexity index is 1730. The smallest absolute Gasteiger partial charge is 0.355 e. The number of carbonyl (C=O) groups is 7. The van der Waals surface area contributed by atoms with Crippen LogP contribution in [0.2, 0.25) is 0 Å². The van der Waals surface area contributed by atoms with Crippen LogP contribution in [0, 0.1) is 0 Å². The van der Waals surface area contributed by atoms with Crippen LogP contribution < -0.4 is 21.3 Å². The minimum Gasteiger partial charge on any atom is -0.379 e. The Morgan fingerprint density at radius 2 is 0.938 bits per heavy atom. The predicted molar refractivity (Wildman–Crippen MR) is 243 cm³/mol. The van der Waals surface area contributed by atoms with Crippen LogP contribution in [0.1, 0.15) is 138 Å². The number of halogens is 1. The van der Waals surface area contributed by atoms with Gasteiger partial charge >= 0.3 is 5.97 Å². The van der Waals surface area contributed by atoms with E-state index >= 15 is 0 Å². The zero-order chi connectivity index (χ0) is 46.9. The topological polar surface area (TPSA) is 217 Å². The second kappa shape index (κ2) is 33.5. The molecule has 0 saturated carbocycles. The third-order valence-corrected chi connectivity index (χ3v) is 10.4. The van der Waals surface area contributed by atoms with E-state index in [9.17, 15) is 33.6 Å². The first kappa shape index (κ1) is 54.4. The third-order valence-electron chi connectivity index (χ3n) is 10.2. The van der Waals surface area contributed by atoms with Crippen molar-refractivity contribution in [3.05, 3.63) is 70.8 Å². The summed E-state index contributed by atoms with van der Waals surface area (Å²) in [5.41, 5.74) is 1.20. The van der Waals surface area contributed by atoms with E-state index in [0.29, 0.717) is 99.9 Å². The molecular formula is C47H68ClN5O12. The summed E-state index contributed by atoms with van der Waals surface area (Å²) in [6, 6.07) is 10.8. The monoisotopic (exact) mass is 929 g/mol. The number of hydroxylamine groups is 2. The van der Waals surface area contributed by atoms with Crippen LogP contribution in [0.25, 0.3) is 0 Å². The molecule has 1 aliphatic rings. The van der Waals surface area contributed by atoms with Gasteiger partial charge in [-0.05, 0) is 87.1 Å². The average Bonchev–Trinajstić information content (AvgIpc) is 3.63. The van der Waals surface area contributed by atoms with Crippen molar-refractivity contribution in [3.8, 4) is 0 Å². The van der Waals surface area contributed by atoms with Crippen molar-refractivity contribution < 1.29 is 57.3 Å². The molecule has 0 aliphatic carbocycles. The maximum absolute atomic E-state index is 13.3. The fourth-order valence-electron chi connectivity index (χ4n) is 6.41. The first-order valence-electron chi connectivity index (χ1n) is 22.9. The Hall–Kier alpha value is -4.94. The van der Waals surface area contributed by atoms with Crippen molar-refractivity contribution in [2.45, 2.75) is 103 Å². The SMILES string of the molecule is CCCCCCCOCCOCCNC(=O)c1ccc(C(=O)NC(CCCCNC(=O)c2ccc(C(=O)NCCOCCOCCCCCCCl)cc2)C(=O)ON2C(=O)CCC2=O)cc1. The van der Waals surface area contributed by atoms with Crippen LogP contribution >= 0.6 is 11.6 Å². The molecule has 1 aliphatic heterocycles. The standard InChI is InChI=1S/C47H68ClN5O12/c1-2-3-4-6-11-28-61-32-34-63-31-27-51-45(58)38-18-20-39(21-19-38)46(59)52-40(47(60)65-53-41(54)22-23-42(53)55)13-8-10-25-49-43(56)36-14-16-37(17-15-36)44(57)50-26-30-64-35-33-62-29-12-7-5-9-24-48/h14-21,40H,2-13,22-35H2,1H3,(H,49,56)(H,50,57)(H,51,58)(H,52,59).